The van der Waals surface area contributed by atoms with Crippen molar-refractivity contribution in [1.29, 1.82) is 0 Å². The van der Waals surface area contributed by atoms with E-state index in [0.29, 0.717) is 17.3 Å². The summed E-state index contributed by atoms with van der Waals surface area (Å²) in [4.78, 5) is 10.5. The third-order valence-electron chi connectivity index (χ3n) is 6.71. The molecule has 3 aromatic rings. The summed E-state index contributed by atoms with van der Waals surface area (Å²) in [6, 6.07) is 11.6. The van der Waals surface area contributed by atoms with E-state index in [1.54, 1.807) is 4.90 Å². The molecule has 3 atom stereocenters. The predicted octanol–water partition coefficient (Wildman–Crippen LogP) is 7.43. The Balaban J connectivity index is 1.71. The number of hydrogen-bond donors (Lipinski definition) is 1. The Hall–Kier alpha value is -2.66. The molecule has 204 valence electrons. The predicted molar refractivity (Wildman–Crippen MR) is 137 cm³/mol. The number of benzene rings is 2. The van der Waals surface area contributed by atoms with Crippen LogP contribution in [0.3, 0.4) is 0 Å². The van der Waals surface area contributed by atoms with Crippen molar-refractivity contribution in [1.82, 2.24) is 15.3 Å². The number of alkyl halides is 6. The third kappa shape index (κ3) is 7.25. The Morgan fingerprint density at radius 1 is 0.868 bits per heavy atom. The number of aromatic nitrogens is 2. The van der Waals surface area contributed by atoms with E-state index < -0.39 is 23.5 Å². The van der Waals surface area contributed by atoms with Gasteiger partial charge < -0.3 is 10.2 Å². The van der Waals surface area contributed by atoms with Gasteiger partial charge in [0.15, 0.2) is 0 Å². The summed E-state index contributed by atoms with van der Waals surface area (Å²) in [5, 5.41) is 3.65. The van der Waals surface area contributed by atoms with Crippen LogP contribution in [0.1, 0.15) is 48.4 Å². The van der Waals surface area contributed by atoms with E-state index in [1.165, 1.54) is 12.4 Å². The molecule has 1 saturated heterocycles. The third-order valence-corrected chi connectivity index (χ3v) is 7.12. The second-order valence-corrected chi connectivity index (χ2v) is 10.4. The lowest BCUT2D eigenvalue weighted by atomic mass is 9.88. The molecule has 1 N–H and O–H groups in total. The van der Waals surface area contributed by atoms with E-state index >= 15 is 0 Å². The topological polar surface area (TPSA) is 41.1 Å². The molecule has 0 saturated carbocycles. The molecule has 4 rings (SSSR count). The van der Waals surface area contributed by atoms with Crippen molar-refractivity contribution in [2.45, 2.75) is 69.6 Å². The molecule has 0 unspecified atom stereocenters. The second-order valence-electron chi connectivity index (χ2n) is 9.53. The molecule has 0 bridgehead atoms. The van der Waals surface area contributed by atoms with E-state index in [2.05, 4.69) is 31.2 Å². The van der Waals surface area contributed by atoms with Crippen LogP contribution >= 0.6 is 15.9 Å². The van der Waals surface area contributed by atoms with Crippen LogP contribution in [0, 0.1) is 0 Å². The lowest BCUT2D eigenvalue weighted by Crippen LogP contribution is -2.53. The number of nitrogens with one attached hydrogen (secondary N) is 1. The van der Waals surface area contributed by atoms with Crippen LogP contribution in [0.25, 0.3) is 0 Å². The van der Waals surface area contributed by atoms with Gasteiger partial charge >= 0.3 is 12.4 Å². The molecule has 0 aliphatic carbocycles. The van der Waals surface area contributed by atoms with Crippen molar-refractivity contribution >= 4 is 21.9 Å². The normalized spacial score (nSPS) is 20.4. The monoisotopic (exact) mass is 600 g/mol. The SMILES string of the molecule is CC[C@@H]1C[C@H](N(Cc2cc(C(F)(F)F)cc(C(F)(F)F)c2)c2ncc(Br)cn2)C[C@H](Cc2ccccc2)N1. The minimum atomic E-state index is -4.92. The highest BCUT2D eigenvalue weighted by molar-refractivity contribution is 9.10. The Bertz CT molecular complexity index is 1170. The van der Waals surface area contributed by atoms with Crippen LogP contribution in [0.2, 0.25) is 0 Å². The van der Waals surface area contributed by atoms with Gasteiger partial charge in [-0.15, -0.1) is 0 Å². The summed E-state index contributed by atoms with van der Waals surface area (Å²) in [6.45, 7) is 1.84. The largest absolute Gasteiger partial charge is 0.416 e. The zero-order valence-electron chi connectivity index (χ0n) is 20.5. The van der Waals surface area contributed by atoms with Crippen molar-refractivity contribution < 1.29 is 26.3 Å². The molecule has 1 fully saturated rings. The van der Waals surface area contributed by atoms with Crippen molar-refractivity contribution in [3.05, 3.63) is 87.7 Å². The molecule has 0 spiro atoms. The fourth-order valence-corrected chi connectivity index (χ4v) is 5.13. The number of hydrogen-bond acceptors (Lipinski definition) is 4. The molecule has 4 nitrogen and oxygen atoms in total. The molecule has 0 amide bonds. The van der Waals surface area contributed by atoms with Crippen LogP contribution < -0.4 is 10.2 Å². The molecule has 1 aliphatic rings. The van der Waals surface area contributed by atoms with Gasteiger partial charge in [0, 0.05) is 37.1 Å². The van der Waals surface area contributed by atoms with Crippen molar-refractivity contribution in [2.75, 3.05) is 4.90 Å². The maximum Gasteiger partial charge on any atom is 0.416 e. The van der Waals surface area contributed by atoms with Crippen LogP contribution in [0.4, 0.5) is 32.3 Å². The zero-order valence-corrected chi connectivity index (χ0v) is 22.1. The summed E-state index contributed by atoms with van der Waals surface area (Å²) in [6.07, 6.45) is -3.98. The molecule has 1 aromatic heterocycles. The van der Waals surface area contributed by atoms with E-state index in [-0.39, 0.29) is 42.2 Å². The summed E-state index contributed by atoms with van der Waals surface area (Å²) in [7, 11) is 0. The molecule has 2 heterocycles. The number of halogens is 7. The Labute approximate surface area is 225 Å². The summed E-state index contributed by atoms with van der Waals surface area (Å²) in [5.74, 6) is 0.249. The summed E-state index contributed by atoms with van der Waals surface area (Å²) >= 11 is 3.28. The minimum Gasteiger partial charge on any atom is -0.333 e. The lowest BCUT2D eigenvalue weighted by molar-refractivity contribution is -0.143. The fourth-order valence-electron chi connectivity index (χ4n) is 4.93. The van der Waals surface area contributed by atoms with Crippen LogP contribution in [0.15, 0.2) is 65.4 Å². The summed E-state index contributed by atoms with van der Waals surface area (Å²) < 4.78 is 81.8. The molecule has 2 aromatic carbocycles. The van der Waals surface area contributed by atoms with Crippen molar-refractivity contribution in [3.63, 3.8) is 0 Å². The quantitative estimate of drug-likeness (QED) is 0.286. The van der Waals surface area contributed by atoms with Gasteiger partial charge in [0.1, 0.15) is 0 Å². The first-order valence-corrected chi connectivity index (χ1v) is 13.0. The van der Waals surface area contributed by atoms with Gasteiger partial charge in [-0.2, -0.15) is 26.3 Å². The average molecular weight is 601 g/mol. The van der Waals surface area contributed by atoms with Gasteiger partial charge in [0.25, 0.3) is 0 Å². The first kappa shape index (κ1) is 28.4. The van der Waals surface area contributed by atoms with E-state index in [4.69, 9.17) is 0 Å². The highest BCUT2D eigenvalue weighted by atomic mass is 79.9. The molecule has 0 radical (unpaired) electrons. The summed E-state index contributed by atoms with van der Waals surface area (Å²) in [5.41, 5.74) is -1.64. The van der Waals surface area contributed by atoms with Crippen LogP contribution in [-0.2, 0) is 25.3 Å². The lowest BCUT2D eigenvalue weighted by Gasteiger charge is -2.42. The first-order chi connectivity index (χ1) is 17.9. The van der Waals surface area contributed by atoms with Crippen LogP contribution in [-0.4, -0.2) is 28.1 Å². The van der Waals surface area contributed by atoms with Gasteiger partial charge in [-0.05, 0) is 70.9 Å². The van der Waals surface area contributed by atoms with Crippen LogP contribution in [0.5, 0.6) is 0 Å². The van der Waals surface area contributed by atoms with Crippen molar-refractivity contribution in [3.8, 4) is 0 Å². The van der Waals surface area contributed by atoms with E-state index in [0.717, 1.165) is 30.5 Å². The van der Waals surface area contributed by atoms with Crippen molar-refractivity contribution in [2.24, 2.45) is 0 Å². The molecular formula is C27H27BrF6N4. The van der Waals surface area contributed by atoms with Gasteiger partial charge in [0.2, 0.25) is 5.95 Å². The molecule has 38 heavy (non-hydrogen) atoms. The zero-order chi connectivity index (χ0) is 27.5. The Kier molecular flexibility index (Phi) is 8.66. The smallest absolute Gasteiger partial charge is 0.333 e. The average Bonchev–Trinajstić information content (AvgIpc) is 2.87. The fraction of sp³-hybridized carbons (Fsp3) is 0.407. The molecule has 11 heteroatoms. The first-order valence-electron chi connectivity index (χ1n) is 12.2. The molecule has 1 aliphatic heterocycles. The Morgan fingerprint density at radius 3 is 2.00 bits per heavy atom. The maximum absolute atomic E-state index is 13.5. The highest BCUT2D eigenvalue weighted by Crippen LogP contribution is 2.37. The minimum absolute atomic E-state index is 0.0614. The standard InChI is InChI=1S/C27H27BrF6N4/c1-2-22-12-24(13-23(37-22)10-17-6-4-3-5-7-17)38(25-35-14-21(28)15-36-25)16-18-8-19(26(29,30)31)11-20(9-18)27(32,33)34/h3-9,11,14-15,22-24,37H,2,10,12-13,16H2,1H3/t22-,23+,24+/m1/s1. The highest BCUT2D eigenvalue weighted by Gasteiger charge is 2.38. The van der Waals surface area contributed by atoms with E-state index in [9.17, 15) is 26.3 Å². The van der Waals surface area contributed by atoms with E-state index in [1.807, 2.05) is 37.3 Å². The van der Waals surface area contributed by atoms with Gasteiger partial charge in [-0.25, -0.2) is 9.97 Å². The molecular weight excluding hydrogens is 574 g/mol. The van der Waals surface area contributed by atoms with Gasteiger partial charge in [-0.1, -0.05) is 37.3 Å². The second kappa shape index (κ2) is 11.6. The van der Waals surface area contributed by atoms with Gasteiger partial charge in [0.05, 0.1) is 15.6 Å². The maximum atomic E-state index is 13.5. The number of rotatable bonds is 7. The van der Waals surface area contributed by atoms with Gasteiger partial charge in [-0.3, -0.25) is 0 Å². The number of anilines is 1. The Morgan fingerprint density at radius 2 is 1.45 bits per heavy atom. The number of piperidine rings is 1. The number of nitrogens with zero attached hydrogens (tertiary/aromatic N) is 3.